The SMILES string of the molecule is C1CCOC1.CC(C)(C)c1ccc(-c2nc3c(N4CCN(CCOc5cccc6[nH]c(N)nc56)CC4)cccc3[nH]2)cc1.CCOC(=O)Cl.CCOC(=O)n1c(N)nc2c(OCCN3CCN(c4cccc5[nH]c(-c6ccc(C(C)(C)C)cc6)nc45)CC3)cccc21. The highest BCUT2D eigenvalue weighted by molar-refractivity contribution is 6.61. The molecule has 3 saturated heterocycles. The van der Waals surface area contributed by atoms with Crippen LogP contribution in [0, 0.1) is 0 Å². The molecular formula is C70H87ClN14O7. The van der Waals surface area contributed by atoms with E-state index in [1.54, 1.807) is 19.9 Å². The lowest BCUT2D eigenvalue weighted by molar-refractivity contribution is 0.155. The lowest BCUT2D eigenvalue weighted by Gasteiger charge is -2.36. The molecule has 10 aromatic rings. The first-order chi connectivity index (χ1) is 44.3. The first-order valence-electron chi connectivity index (χ1n) is 31.8. The molecule has 0 spiro atoms. The van der Waals surface area contributed by atoms with Crippen LogP contribution in [0.15, 0.2) is 121 Å². The number of aromatic nitrogens is 8. The molecule has 0 radical (unpaired) electrons. The smallest absolute Gasteiger partial charge is 0.421 e. The summed E-state index contributed by atoms with van der Waals surface area (Å²) in [5.41, 5.74) is 25.5. The number of nitrogens with one attached hydrogen (secondary N) is 3. The second kappa shape index (κ2) is 30.0. The number of nitrogen functional groups attached to an aromatic ring is 2. The first-order valence-corrected chi connectivity index (χ1v) is 32.2. The maximum atomic E-state index is 12.3. The van der Waals surface area contributed by atoms with Gasteiger partial charge in [0.25, 0.3) is 0 Å². The number of carbonyl (C=O) groups excluding carboxylic acids is 2. The topological polar surface area (TPSA) is 249 Å². The highest BCUT2D eigenvalue weighted by Gasteiger charge is 2.25. The molecule has 0 unspecified atom stereocenters. The summed E-state index contributed by atoms with van der Waals surface area (Å²) in [6.45, 7) is 29.7. The Morgan fingerprint density at radius 2 is 0.978 bits per heavy atom. The largest absolute Gasteiger partial charge is 0.490 e. The number of ether oxygens (including phenoxy) is 5. The first kappa shape index (κ1) is 66.0. The molecule has 486 valence electrons. The third-order valence-corrected chi connectivity index (χ3v) is 16.6. The van der Waals surface area contributed by atoms with Gasteiger partial charge in [0, 0.05) is 101 Å². The molecule has 0 amide bonds. The van der Waals surface area contributed by atoms with Gasteiger partial charge in [-0.25, -0.2) is 34.1 Å². The Hall–Kier alpha value is -8.89. The lowest BCUT2D eigenvalue weighted by atomic mass is 9.87. The van der Waals surface area contributed by atoms with Crippen molar-refractivity contribution in [2.45, 2.75) is 79.1 Å². The van der Waals surface area contributed by atoms with Crippen molar-refractivity contribution in [1.82, 2.24) is 49.3 Å². The number of hydrogen-bond acceptors (Lipinski definition) is 17. The Kier molecular flexibility index (Phi) is 21.6. The van der Waals surface area contributed by atoms with Crippen LogP contribution in [0.4, 0.5) is 32.9 Å². The minimum atomic E-state index is -0.738. The normalized spacial score (nSPS) is 14.8. The number of nitrogens with two attached hydrogens (primary N) is 2. The standard InChI is InChI=1S/C33H39N7O3.C30H35N7O.C4H8O.C3H5ClO2/c1-5-42-32(41)40-26-10-7-11-27(29(26)37-31(40)34)43-21-20-38-16-18-39(19-17-38)25-9-6-8-24-28(25)36-30(35-24)22-12-14-23(15-13-22)33(2,3)4;1-30(2,3)21-12-10-20(11-13-21)28-32-22-6-4-8-24(26(22)34-28)37-16-14-36(15-17-37)18-19-38-25-9-5-7-23-27(25)35-29(31)33-23;1-2-4-5-3-1;1-2-6-3(4)5/h6-15H,5,16-21H2,1-4H3,(H2,34,37)(H,35,36);4-13H,14-19H2,1-3H3,(H,32,34)(H3,31,33,35);1-4H2;2H2,1H3. The van der Waals surface area contributed by atoms with Crippen molar-refractivity contribution in [3.63, 3.8) is 0 Å². The summed E-state index contributed by atoms with van der Waals surface area (Å²) in [6.07, 6.45) is 2.01. The van der Waals surface area contributed by atoms with Crippen LogP contribution in [0.2, 0.25) is 0 Å². The van der Waals surface area contributed by atoms with E-state index >= 15 is 0 Å². The molecule has 3 aliphatic rings. The molecule has 4 aromatic heterocycles. The monoisotopic (exact) mass is 1270 g/mol. The van der Waals surface area contributed by atoms with Gasteiger partial charge in [0.2, 0.25) is 5.95 Å². The molecule has 0 aliphatic carbocycles. The number of aromatic amines is 3. The number of fused-ring (bicyclic) bond motifs is 4. The number of rotatable bonds is 14. The predicted molar refractivity (Wildman–Crippen MR) is 369 cm³/mol. The van der Waals surface area contributed by atoms with E-state index in [0.717, 1.165) is 146 Å². The van der Waals surface area contributed by atoms with Gasteiger partial charge in [0.15, 0.2) is 5.95 Å². The van der Waals surface area contributed by atoms with E-state index in [1.165, 1.54) is 34.2 Å². The molecule has 0 atom stereocenters. The van der Waals surface area contributed by atoms with E-state index in [9.17, 15) is 9.59 Å². The van der Waals surface area contributed by atoms with Crippen LogP contribution in [0.3, 0.4) is 0 Å². The molecular weight excluding hydrogens is 1180 g/mol. The van der Waals surface area contributed by atoms with E-state index in [4.69, 9.17) is 52.0 Å². The van der Waals surface area contributed by atoms with Gasteiger partial charge in [0.05, 0.1) is 46.7 Å². The number of nitrogens with zero attached hydrogens (tertiary/aromatic N) is 9. The molecule has 92 heavy (non-hydrogen) atoms. The van der Waals surface area contributed by atoms with Crippen LogP contribution in [-0.4, -0.2) is 166 Å². The number of benzene rings is 6. The number of carbonyl (C=O) groups is 2. The minimum Gasteiger partial charge on any atom is -0.490 e. The maximum absolute atomic E-state index is 12.3. The van der Waals surface area contributed by atoms with Crippen molar-refractivity contribution in [3.05, 3.63) is 132 Å². The Morgan fingerprint density at radius 3 is 1.40 bits per heavy atom. The quantitative estimate of drug-likeness (QED) is 0.0635. The van der Waals surface area contributed by atoms with Crippen LogP contribution < -0.4 is 30.7 Å². The zero-order chi connectivity index (χ0) is 64.9. The number of anilines is 4. The van der Waals surface area contributed by atoms with E-state index in [0.29, 0.717) is 42.6 Å². The molecule has 3 fully saturated rings. The van der Waals surface area contributed by atoms with Crippen molar-refractivity contribution in [2.24, 2.45) is 0 Å². The van der Waals surface area contributed by atoms with E-state index in [-0.39, 0.29) is 23.4 Å². The van der Waals surface area contributed by atoms with Crippen molar-refractivity contribution in [1.29, 1.82) is 0 Å². The summed E-state index contributed by atoms with van der Waals surface area (Å²) < 4.78 is 27.7. The van der Waals surface area contributed by atoms with Crippen LogP contribution in [0.25, 0.3) is 66.9 Å². The second-order valence-corrected chi connectivity index (χ2v) is 25.2. The molecule has 0 bridgehead atoms. The fourth-order valence-corrected chi connectivity index (χ4v) is 11.5. The number of piperazine rings is 2. The molecule has 6 aromatic carbocycles. The number of halogens is 1. The Bertz CT molecular complexity index is 4050. The molecule has 21 nitrogen and oxygen atoms in total. The summed E-state index contributed by atoms with van der Waals surface area (Å²) in [5.74, 6) is 3.66. The van der Waals surface area contributed by atoms with Crippen molar-refractivity contribution in [3.8, 4) is 34.3 Å². The molecule has 22 heteroatoms. The molecule has 0 saturated carbocycles. The van der Waals surface area contributed by atoms with E-state index < -0.39 is 11.5 Å². The van der Waals surface area contributed by atoms with Gasteiger partial charge < -0.3 is 59.9 Å². The maximum Gasteiger partial charge on any atom is 0.421 e. The van der Waals surface area contributed by atoms with Crippen LogP contribution in [-0.2, 0) is 25.0 Å². The van der Waals surface area contributed by atoms with Crippen LogP contribution >= 0.6 is 11.6 Å². The van der Waals surface area contributed by atoms with Crippen LogP contribution in [0.5, 0.6) is 11.5 Å². The summed E-state index contributed by atoms with van der Waals surface area (Å²) in [5, 5.41) is 0. The number of hydrogen-bond donors (Lipinski definition) is 5. The van der Waals surface area contributed by atoms with E-state index in [1.807, 2.05) is 30.3 Å². The highest BCUT2D eigenvalue weighted by Crippen LogP contribution is 2.34. The molecule has 3 aliphatic heterocycles. The fraction of sp³-hybridized carbons (Fsp3) is 0.400. The zero-order valence-electron chi connectivity index (χ0n) is 54.2. The zero-order valence-corrected chi connectivity index (χ0v) is 54.9. The molecule has 7 heterocycles. The lowest BCUT2D eigenvalue weighted by Crippen LogP contribution is -2.47. The van der Waals surface area contributed by atoms with Gasteiger partial charge in [-0.2, -0.15) is 0 Å². The van der Waals surface area contributed by atoms with Gasteiger partial charge >= 0.3 is 11.5 Å². The molecule has 13 rings (SSSR count). The summed E-state index contributed by atoms with van der Waals surface area (Å²) in [7, 11) is 0. The number of H-pyrrole nitrogens is 3. The highest BCUT2D eigenvalue weighted by atomic mass is 35.5. The number of imidazole rings is 4. The van der Waals surface area contributed by atoms with Gasteiger partial charge in [0.1, 0.15) is 58.4 Å². The number of para-hydroxylation sites is 4. The van der Waals surface area contributed by atoms with Gasteiger partial charge in [-0.1, -0.05) is 114 Å². The summed E-state index contributed by atoms with van der Waals surface area (Å²) in [6, 6.07) is 41.5. The van der Waals surface area contributed by atoms with Gasteiger partial charge in [-0.3, -0.25) is 9.80 Å². The third kappa shape index (κ3) is 16.4. The average molecular weight is 1270 g/mol. The second-order valence-electron chi connectivity index (χ2n) is 24.9. The third-order valence-electron chi connectivity index (χ3n) is 16.5. The van der Waals surface area contributed by atoms with Crippen molar-refractivity contribution < 1.29 is 33.3 Å². The van der Waals surface area contributed by atoms with Gasteiger partial charge in [-0.05, 0) is 97.2 Å². The summed E-state index contributed by atoms with van der Waals surface area (Å²) in [4.78, 5) is 60.5. The van der Waals surface area contributed by atoms with Crippen molar-refractivity contribution >= 4 is 90.5 Å². The van der Waals surface area contributed by atoms with Crippen molar-refractivity contribution in [2.75, 3.05) is 126 Å². The van der Waals surface area contributed by atoms with Gasteiger partial charge in [-0.15, -0.1) is 0 Å². The predicted octanol–water partition coefficient (Wildman–Crippen LogP) is 13.0. The Morgan fingerprint density at radius 1 is 0.533 bits per heavy atom. The summed E-state index contributed by atoms with van der Waals surface area (Å²) >= 11 is 4.72. The average Bonchev–Trinajstić information content (AvgIpc) is 1.67. The minimum absolute atomic E-state index is 0.0816. The fourth-order valence-electron chi connectivity index (χ4n) is 11.4. The molecule has 7 N–H and O–H groups in total. The van der Waals surface area contributed by atoms with E-state index in [2.05, 4.69) is 176 Å². The Labute approximate surface area is 542 Å². The Balaban J connectivity index is 0.000000174. The van der Waals surface area contributed by atoms with Crippen LogP contribution in [0.1, 0.15) is 79.4 Å².